The smallest absolute Gasteiger partial charge is 0.226 e. The van der Waals surface area contributed by atoms with E-state index in [0.29, 0.717) is 18.0 Å². The van der Waals surface area contributed by atoms with Crippen molar-refractivity contribution in [1.29, 1.82) is 0 Å². The van der Waals surface area contributed by atoms with Gasteiger partial charge < -0.3 is 4.90 Å². The quantitative estimate of drug-likeness (QED) is 0.647. The molecule has 0 heterocycles. The van der Waals surface area contributed by atoms with Crippen molar-refractivity contribution in [1.82, 2.24) is 4.90 Å². The summed E-state index contributed by atoms with van der Waals surface area (Å²) in [4.78, 5) is 14.5. The van der Waals surface area contributed by atoms with Crippen LogP contribution in [-0.4, -0.2) is 22.9 Å². The largest absolute Gasteiger partial charge is 0.337 e. The van der Waals surface area contributed by atoms with E-state index in [-0.39, 0.29) is 5.92 Å². The Morgan fingerprint density at radius 3 is 1.50 bits per heavy atom. The Morgan fingerprint density at radius 1 is 0.875 bits per heavy atom. The average Bonchev–Trinajstić information content (AvgIpc) is 2.30. The minimum Gasteiger partial charge on any atom is -0.337 e. The van der Waals surface area contributed by atoms with Gasteiger partial charge in [0.2, 0.25) is 5.91 Å². The van der Waals surface area contributed by atoms with Crippen LogP contribution in [0, 0.1) is 5.92 Å². The fourth-order valence-corrected chi connectivity index (χ4v) is 2.11. The van der Waals surface area contributed by atoms with Gasteiger partial charge in [-0.25, -0.2) is 0 Å². The van der Waals surface area contributed by atoms with E-state index in [0.717, 1.165) is 25.7 Å². The lowest BCUT2D eigenvalue weighted by Crippen LogP contribution is -2.47. The summed E-state index contributed by atoms with van der Waals surface area (Å²) in [5.74, 6) is 0.566. The van der Waals surface area contributed by atoms with Gasteiger partial charge in [-0.2, -0.15) is 0 Å². The predicted octanol–water partition coefficient (Wildman–Crippen LogP) is 3.85. The van der Waals surface area contributed by atoms with Gasteiger partial charge in [0.1, 0.15) is 0 Å². The van der Waals surface area contributed by atoms with Crippen molar-refractivity contribution in [2.75, 3.05) is 0 Å². The lowest BCUT2D eigenvalue weighted by Gasteiger charge is -2.36. The van der Waals surface area contributed by atoms with Crippen molar-refractivity contribution >= 4 is 5.91 Å². The lowest BCUT2D eigenvalue weighted by atomic mass is 9.98. The Morgan fingerprint density at radius 2 is 1.25 bits per heavy atom. The Hall–Kier alpha value is -0.530. The molecule has 96 valence electrons. The topological polar surface area (TPSA) is 20.3 Å². The van der Waals surface area contributed by atoms with E-state index < -0.39 is 0 Å². The molecule has 2 unspecified atom stereocenters. The Kier molecular flexibility index (Phi) is 7.44. The summed E-state index contributed by atoms with van der Waals surface area (Å²) in [6, 6.07) is 0.728. The van der Waals surface area contributed by atoms with Crippen molar-refractivity contribution < 1.29 is 4.79 Å². The van der Waals surface area contributed by atoms with Gasteiger partial charge in [-0.1, -0.05) is 27.7 Å². The van der Waals surface area contributed by atoms with Crippen LogP contribution >= 0.6 is 0 Å². The van der Waals surface area contributed by atoms with Crippen molar-refractivity contribution in [3.8, 4) is 0 Å². The number of carbonyl (C=O) groups is 1. The van der Waals surface area contributed by atoms with E-state index in [4.69, 9.17) is 0 Å². The Labute approximate surface area is 101 Å². The normalized spacial score (nSPS) is 14.9. The molecule has 0 fully saturated rings. The molecular formula is C14H29NO. The Balaban J connectivity index is 4.80. The monoisotopic (exact) mass is 227 g/mol. The maximum absolute atomic E-state index is 12.4. The first-order valence-corrected chi connectivity index (χ1v) is 6.85. The summed E-state index contributed by atoms with van der Waals surface area (Å²) < 4.78 is 0. The van der Waals surface area contributed by atoms with E-state index >= 15 is 0 Å². The van der Waals surface area contributed by atoms with E-state index in [1.54, 1.807) is 0 Å². The molecule has 0 aliphatic rings. The number of nitrogens with zero attached hydrogens (tertiary/aromatic N) is 1. The molecule has 0 rings (SSSR count). The molecular weight excluding hydrogens is 198 g/mol. The van der Waals surface area contributed by atoms with Gasteiger partial charge in [0.25, 0.3) is 0 Å². The fraction of sp³-hybridized carbons (Fsp3) is 0.929. The highest BCUT2D eigenvalue weighted by molar-refractivity contribution is 5.79. The van der Waals surface area contributed by atoms with Crippen LogP contribution in [0.15, 0.2) is 0 Å². The Bertz CT molecular complexity index is 189. The molecule has 0 aliphatic carbocycles. The van der Waals surface area contributed by atoms with E-state index in [2.05, 4.69) is 46.4 Å². The summed E-state index contributed by atoms with van der Waals surface area (Å²) in [5.41, 5.74) is 0. The van der Waals surface area contributed by atoms with Crippen LogP contribution in [0.5, 0.6) is 0 Å². The van der Waals surface area contributed by atoms with Gasteiger partial charge in [0, 0.05) is 18.0 Å². The second kappa shape index (κ2) is 7.70. The third kappa shape index (κ3) is 3.80. The molecule has 0 aromatic heterocycles. The van der Waals surface area contributed by atoms with E-state index in [1.807, 2.05) is 0 Å². The highest BCUT2D eigenvalue weighted by Gasteiger charge is 2.27. The zero-order chi connectivity index (χ0) is 12.7. The molecule has 0 radical (unpaired) electrons. The molecule has 0 aromatic rings. The van der Waals surface area contributed by atoms with Crippen molar-refractivity contribution in [2.45, 2.75) is 79.3 Å². The zero-order valence-corrected chi connectivity index (χ0v) is 11.9. The predicted molar refractivity (Wildman–Crippen MR) is 70.4 cm³/mol. The van der Waals surface area contributed by atoms with Crippen LogP contribution in [0.2, 0.25) is 0 Å². The van der Waals surface area contributed by atoms with Crippen molar-refractivity contribution in [3.63, 3.8) is 0 Å². The van der Waals surface area contributed by atoms with Gasteiger partial charge in [-0.15, -0.1) is 0 Å². The second-order valence-corrected chi connectivity index (χ2v) is 4.77. The molecule has 2 heteroatoms. The summed E-state index contributed by atoms with van der Waals surface area (Å²) in [6.45, 7) is 12.8. The first-order chi connectivity index (χ1) is 7.53. The first kappa shape index (κ1) is 15.5. The summed E-state index contributed by atoms with van der Waals surface area (Å²) in [5, 5.41) is 0. The standard InChI is InChI=1S/C14H29NO/c1-7-11(5)15(12(6)8-2)14(16)13(9-3)10-4/h11-13H,7-10H2,1-6H3. The molecule has 0 N–H and O–H groups in total. The number of carbonyl (C=O) groups excluding carboxylic acids is 1. The maximum atomic E-state index is 12.4. The molecule has 0 saturated carbocycles. The third-order valence-electron chi connectivity index (χ3n) is 3.72. The van der Waals surface area contributed by atoms with Crippen molar-refractivity contribution in [3.05, 3.63) is 0 Å². The number of amides is 1. The fourth-order valence-electron chi connectivity index (χ4n) is 2.11. The first-order valence-electron chi connectivity index (χ1n) is 6.85. The summed E-state index contributed by atoms with van der Waals surface area (Å²) >= 11 is 0. The lowest BCUT2D eigenvalue weighted by molar-refractivity contribution is -0.140. The second-order valence-electron chi connectivity index (χ2n) is 4.77. The van der Waals surface area contributed by atoms with E-state index in [9.17, 15) is 4.79 Å². The van der Waals surface area contributed by atoms with Crippen LogP contribution in [0.1, 0.15) is 67.2 Å². The van der Waals surface area contributed by atoms with Crippen LogP contribution < -0.4 is 0 Å². The molecule has 0 saturated heterocycles. The van der Waals surface area contributed by atoms with Gasteiger partial charge in [-0.05, 0) is 39.5 Å². The van der Waals surface area contributed by atoms with Gasteiger partial charge in [-0.3, -0.25) is 4.79 Å². The molecule has 0 bridgehead atoms. The third-order valence-corrected chi connectivity index (χ3v) is 3.72. The molecule has 0 spiro atoms. The van der Waals surface area contributed by atoms with Gasteiger partial charge >= 0.3 is 0 Å². The average molecular weight is 227 g/mol. The number of rotatable bonds is 7. The van der Waals surface area contributed by atoms with Gasteiger partial charge in [0.05, 0.1) is 0 Å². The highest BCUT2D eigenvalue weighted by Crippen LogP contribution is 2.19. The maximum Gasteiger partial charge on any atom is 0.226 e. The van der Waals surface area contributed by atoms with Crippen LogP contribution in [0.4, 0.5) is 0 Å². The number of hydrogen-bond donors (Lipinski definition) is 0. The SMILES string of the molecule is CCC(CC)C(=O)N(C(C)CC)C(C)CC. The summed E-state index contributed by atoms with van der Waals surface area (Å²) in [7, 11) is 0. The molecule has 16 heavy (non-hydrogen) atoms. The van der Waals surface area contributed by atoms with Gasteiger partial charge in [0.15, 0.2) is 0 Å². The summed E-state index contributed by atoms with van der Waals surface area (Å²) in [6.07, 6.45) is 3.99. The van der Waals surface area contributed by atoms with Crippen LogP contribution in [-0.2, 0) is 4.79 Å². The zero-order valence-electron chi connectivity index (χ0n) is 11.9. The van der Waals surface area contributed by atoms with Crippen molar-refractivity contribution in [2.24, 2.45) is 5.92 Å². The molecule has 0 aromatic carbocycles. The van der Waals surface area contributed by atoms with E-state index in [1.165, 1.54) is 0 Å². The minimum atomic E-state index is 0.211. The molecule has 0 aliphatic heterocycles. The van der Waals surface area contributed by atoms with Crippen LogP contribution in [0.3, 0.4) is 0 Å². The highest BCUT2D eigenvalue weighted by atomic mass is 16.2. The van der Waals surface area contributed by atoms with Crippen LogP contribution in [0.25, 0.3) is 0 Å². The molecule has 2 nitrogen and oxygen atoms in total. The molecule has 1 amide bonds. The number of hydrogen-bond acceptors (Lipinski definition) is 1. The minimum absolute atomic E-state index is 0.211. The molecule has 2 atom stereocenters.